The third-order valence-electron chi connectivity index (χ3n) is 3.48. The quantitative estimate of drug-likeness (QED) is 0.753. The molecule has 3 unspecified atom stereocenters. The van der Waals surface area contributed by atoms with Crippen molar-refractivity contribution in [3.63, 3.8) is 0 Å². The van der Waals surface area contributed by atoms with Gasteiger partial charge in [0.1, 0.15) is 13.2 Å². The fourth-order valence-electron chi connectivity index (χ4n) is 2.50. The number of rotatable bonds is 3. The summed E-state index contributed by atoms with van der Waals surface area (Å²) in [6.07, 6.45) is 1.90. The Morgan fingerprint density at radius 3 is 2.65 bits per heavy atom. The Hall–Kier alpha value is -1.22. The number of epoxide rings is 1. The molecule has 1 fully saturated rings. The fourth-order valence-corrected chi connectivity index (χ4v) is 2.50. The zero-order valence-corrected chi connectivity index (χ0v) is 10.3. The first kappa shape index (κ1) is 10.9. The molecule has 2 aliphatic rings. The Morgan fingerprint density at radius 1 is 1.24 bits per heavy atom. The molecule has 2 heterocycles. The van der Waals surface area contributed by atoms with Crippen molar-refractivity contribution in [1.29, 1.82) is 0 Å². The Labute approximate surface area is 102 Å². The van der Waals surface area contributed by atoms with E-state index in [-0.39, 0.29) is 0 Å². The van der Waals surface area contributed by atoms with Gasteiger partial charge in [0.2, 0.25) is 0 Å². The van der Waals surface area contributed by atoms with E-state index >= 15 is 0 Å². The van der Waals surface area contributed by atoms with E-state index in [4.69, 9.17) is 14.2 Å². The van der Waals surface area contributed by atoms with E-state index in [1.165, 1.54) is 5.56 Å². The summed E-state index contributed by atoms with van der Waals surface area (Å²) < 4.78 is 16.6. The minimum Gasteiger partial charge on any atom is -0.486 e. The topological polar surface area (TPSA) is 31.0 Å². The number of benzene rings is 1. The Balaban J connectivity index is 1.70. The second-order valence-corrected chi connectivity index (χ2v) is 4.97. The van der Waals surface area contributed by atoms with E-state index in [9.17, 15) is 0 Å². The largest absolute Gasteiger partial charge is 0.486 e. The average Bonchev–Trinajstić information content (AvgIpc) is 3.06. The van der Waals surface area contributed by atoms with Crippen molar-refractivity contribution in [1.82, 2.24) is 0 Å². The van der Waals surface area contributed by atoms with E-state index in [1.54, 1.807) is 0 Å². The third-order valence-corrected chi connectivity index (χ3v) is 3.48. The third kappa shape index (κ3) is 2.25. The maximum absolute atomic E-state index is 5.59. The van der Waals surface area contributed by atoms with Gasteiger partial charge in [-0.05, 0) is 37.0 Å². The maximum atomic E-state index is 5.59. The first-order valence-corrected chi connectivity index (χ1v) is 6.28. The van der Waals surface area contributed by atoms with E-state index in [0.29, 0.717) is 31.3 Å². The molecule has 3 rings (SSSR count). The van der Waals surface area contributed by atoms with E-state index in [1.807, 2.05) is 6.07 Å². The van der Waals surface area contributed by atoms with Crippen molar-refractivity contribution in [2.45, 2.75) is 32.5 Å². The van der Waals surface area contributed by atoms with Crippen molar-refractivity contribution >= 4 is 0 Å². The van der Waals surface area contributed by atoms with Gasteiger partial charge in [-0.3, -0.25) is 0 Å². The summed E-state index contributed by atoms with van der Waals surface area (Å²) in [5.41, 5.74) is 1.30. The Morgan fingerprint density at radius 2 is 1.94 bits per heavy atom. The molecule has 0 saturated carbocycles. The van der Waals surface area contributed by atoms with E-state index in [0.717, 1.165) is 17.9 Å². The van der Waals surface area contributed by atoms with Crippen LogP contribution in [-0.4, -0.2) is 25.4 Å². The SMILES string of the molecule is CC(Cc1ccc2c(c1)OCCO2)C1OC1C. The highest BCUT2D eigenvalue weighted by Gasteiger charge is 2.38. The lowest BCUT2D eigenvalue weighted by atomic mass is 9.96. The molecule has 0 radical (unpaired) electrons. The number of fused-ring (bicyclic) bond motifs is 1. The second-order valence-electron chi connectivity index (χ2n) is 4.97. The lowest BCUT2D eigenvalue weighted by Gasteiger charge is -2.19. The zero-order chi connectivity index (χ0) is 11.8. The van der Waals surface area contributed by atoms with E-state index in [2.05, 4.69) is 26.0 Å². The van der Waals surface area contributed by atoms with Crippen LogP contribution in [0.3, 0.4) is 0 Å². The van der Waals surface area contributed by atoms with Crippen LogP contribution in [-0.2, 0) is 11.2 Å². The first-order valence-electron chi connectivity index (χ1n) is 6.28. The molecule has 0 aliphatic carbocycles. The molecule has 3 atom stereocenters. The standard InChI is InChI=1S/C14H18O3/c1-9(14-10(2)17-14)7-11-3-4-12-13(8-11)16-6-5-15-12/h3-4,8-10,14H,5-7H2,1-2H3. The highest BCUT2D eigenvalue weighted by Crippen LogP contribution is 2.34. The van der Waals surface area contributed by atoms with E-state index < -0.39 is 0 Å². The molecule has 92 valence electrons. The van der Waals surface area contributed by atoms with Crippen LogP contribution in [0.4, 0.5) is 0 Å². The molecule has 1 saturated heterocycles. The summed E-state index contributed by atoms with van der Waals surface area (Å²) in [5.74, 6) is 2.31. The van der Waals surface area contributed by atoms with Gasteiger partial charge in [0.05, 0.1) is 12.2 Å². The van der Waals surface area contributed by atoms with Crippen molar-refractivity contribution < 1.29 is 14.2 Å². The van der Waals surface area contributed by atoms with Gasteiger partial charge in [-0.1, -0.05) is 13.0 Å². The molecule has 3 heteroatoms. The lowest BCUT2D eigenvalue weighted by Crippen LogP contribution is -2.16. The molecule has 0 bridgehead atoms. The molecule has 0 aromatic heterocycles. The number of ether oxygens (including phenoxy) is 3. The Bertz CT molecular complexity index is 416. The molecular weight excluding hydrogens is 216 g/mol. The van der Waals surface area contributed by atoms with Gasteiger partial charge in [0.25, 0.3) is 0 Å². The van der Waals surface area contributed by atoms with Gasteiger partial charge in [-0.2, -0.15) is 0 Å². The number of hydrogen-bond acceptors (Lipinski definition) is 3. The normalized spacial score (nSPS) is 27.6. The molecule has 17 heavy (non-hydrogen) atoms. The predicted octanol–water partition coefficient (Wildman–Crippen LogP) is 2.42. The van der Waals surface area contributed by atoms with Crippen molar-refractivity contribution in [3.05, 3.63) is 23.8 Å². The van der Waals surface area contributed by atoms with Crippen LogP contribution in [0.25, 0.3) is 0 Å². The fraction of sp³-hybridized carbons (Fsp3) is 0.571. The van der Waals surface area contributed by atoms with Crippen LogP contribution in [0, 0.1) is 5.92 Å². The van der Waals surface area contributed by atoms with Gasteiger partial charge < -0.3 is 14.2 Å². The summed E-state index contributed by atoms with van der Waals surface area (Å²) in [4.78, 5) is 0. The van der Waals surface area contributed by atoms with Gasteiger partial charge in [0.15, 0.2) is 11.5 Å². The van der Waals surface area contributed by atoms with Crippen LogP contribution in [0.1, 0.15) is 19.4 Å². The second kappa shape index (κ2) is 4.22. The molecule has 2 aliphatic heterocycles. The molecule has 1 aromatic rings. The Kier molecular flexibility index (Phi) is 2.71. The highest BCUT2D eigenvalue weighted by atomic mass is 16.6. The minimum absolute atomic E-state index is 0.433. The van der Waals surface area contributed by atoms with Gasteiger partial charge >= 0.3 is 0 Å². The molecule has 1 aromatic carbocycles. The van der Waals surface area contributed by atoms with Gasteiger partial charge in [0, 0.05) is 0 Å². The van der Waals surface area contributed by atoms with Crippen LogP contribution >= 0.6 is 0 Å². The maximum Gasteiger partial charge on any atom is 0.161 e. The molecule has 3 nitrogen and oxygen atoms in total. The van der Waals surface area contributed by atoms with Crippen LogP contribution in [0.5, 0.6) is 11.5 Å². The smallest absolute Gasteiger partial charge is 0.161 e. The van der Waals surface area contributed by atoms with Crippen molar-refractivity contribution in [3.8, 4) is 11.5 Å². The molecule has 0 N–H and O–H groups in total. The van der Waals surface area contributed by atoms with Crippen molar-refractivity contribution in [2.24, 2.45) is 5.92 Å². The monoisotopic (exact) mass is 234 g/mol. The first-order chi connectivity index (χ1) is 8.24. The van der Waals surface area contributed by atoms with Gasteiger partial charge in [-0.25, -0.2) is 0 Å². The summed E-state index contributed by atoms with van der Waals surface area (Å²) in [7, 11) is 0. The van der Waals surface area contributed by atoms with Crippen LogP contribution in [0.2, 0.25) is 0 Å². The molecule has 0 amide bonds. The summed E-state index contributed by atoms with van der Waals surface area (Å²) in [6, 6.07) is 6.23. The summed E-state index contributed by atoms with van der Waals surface area (Å²) in [6.45, 7) is 5.67. The van der Waals surface area contributed by atoms with Gasteiger partial charge in [-0.15, -0.1) is 0 Å². The number of hydrogen-bond donors (Lipinski definition) is 0. The highest BCUT2D eigenvalue weighted by molar-refractivity contribution is 5.43. The summed E-state index contributed by atoms with van der Waals surface area (Å²) in [5, 5.41) is 0. The predicted molar refractivity (Wildman–Crippen MR) is 64.6 cm³/mol. The molecule has 0 spiro atoms. The lowest BCUT2D eigenvalue weighted by molar-refractivity contribution is 0.171. The zero-order valence-electron chi connectivity index (χ0n) is 10.3. The minimum atomic E-state index is 0.433. The van der Waals surface area contributed by atoms with Crippen LogP contribution < -0.4 is 9.47 Å². The summed E-state index contributed by atoms with van der Waals surface area (Å²) >= 11 is 0. The molecular formula is C14H18O3. The van der Waals surface area contributed by atoms with Crippen LogP contribution in [0.15, 0.2) is 18.2 Å². The van der Waals surface area contributed by atoms with Crippen molar-refractivity contribution in [2.75, 3.05) is 13.2 Å². The average molecular weight is 234 g/mol.